The second-order valence-corrected chi connectivity index (χ2v) is 5.32. The first-order chi connectivity index (χ1) is 9.41. The Morgan fingerprint density at radius 1 is 1.35 bits per heavy atom. The smallest absolute Gasteiger partial charge is 0.377 e. The Bertz CT molecular complexity index is 443. The predicted molar refractivity (Wildman–Crippen MR) is 71.3 cm³/mol. The molecule has 2 rings (SSSR count). The van der Waals surface area contributed by atoms with Gasteiger partial charge in [0.1, 0.15) is 0 Å². The van der Waals surface area contributed by atoms with Crippen molar-refractivity contribution in [3.8, 4) is 0 Å². The monoisotopic (exact) mass is 287 g/mol. The van der Waals surface area contributed by atoms with Crippen LogP contribution in [0.5, 0.6) is 0 Å². The van der Waals surface area contributed by atoms with Crippen LogP contribution in [-0.4, -0.2) is 18.8 Å². The second kappa shape index (κ2) is 6.14. The van der Waals surface area contributed by atoms with Crippen molar-refractivity contribution in [2.24, 2.45) is 11.7 Å². The van der Waals surface area contributed by atoms with Gasteiger partial charge >= 0.3 is 6.18 Å². The van der Waals surface area contributed by atoms with Gasteiger partial charge in [-0.1, -0.05) is 18.2 Å². The number of alkyl halides is 3. The molecule has 1 saturated carbocycles. The second-order valence-electron chi connectivity index (χ2n) is 5.32. The van der Waals surface area contributed by atoms with Crippen LogP contribution in [0.15, 0.2) is 24.3 Å². The lowest BCUT2D eigenvalue weighted by molar-refractivity contribution is -0.137. The average Bonchev–Trinajstić information content (AvgIpc) is 3.19. The lowest BCUT2D eigenvalue weighted by atomic mass is 9.97. The molecule has 2 N–H and O–H groups in total. The highest BCUT2D eigenvalue weighted by Gasteiger charge is 2.36. The van der Waals surface area contributed by atoms with Gasteiger partial charge in [-0.25, -0.2) is 0 Å². The van der Waals surface area contributed by atoms with Crippen LogP contribution < -0.4 is 5.73 Å². The molecule has 1 aliphatic rings. The largest absolute Gasteiger partial charge is 0.416 e. The lowest BCUT2D eigenvalue weighted by Gasteiger charge is -2.24. The molecule has 0 amide bonds. The fourth-order valence-corrected chi connectivity index (χ4v) is 2.49. The molecule has 0 bridgehead atoms. The molecule has 1 aromatic rings. The van der Waals surface area contributed by atoms with Crippen molar-refractivity contribution in [3.63, 3.8) is 0 Å². The van der Waals surface area contributed by atoms with Crippen molar-refractivity contribution in [2.45, 2.75) is 44.5 Å². The number of nitrogens with two attached hydrogens (primary N) is 1. The topological polar surface area (TPSA) is 35.2 Å². The zero-order valence-electron chi connectivity index (χ0n) is 11.5. The Morgan fingerprint density at radius 2 is 2.05 bits per heavy atom. The normalized spacial score (nSPS) is 18.9. The standard InChI is InChI=1S/C15H20F3NO/c1-2-20-14(11-6-7-11)13(19)9-10-4-3-5-12(8-10)15(16,17)18/h3-5,8,11,13-14H,2,6-7,9,19H2,1H3. The average molecular weight is 287 g/mol. The highest BCUT2D eigenvalue weighted by atomic mass is 19.4. The summed E-state index contributed by atoms with van der Waals surface area (Å²) in [6.45, 7) is 2.49. The highest BCUT2D eigenvalue weighted by Crippen LogP contribution is 2.36. The quantitative estimate of drug-likeness (QED) is 0.870. The summed E-state index contributed by atoms with van der Waals surface area (Å²) in [4.78, 5) is 0. The number of benzene rings is 1. The number of halogens is 3. The Labute approximate surface area is 117 Å². The van der Waals surface area contributed by atoms with E-state index in [4.69, 9.17) is 10.5 Å². The van der Waals surface area contributed by atoms with Crippen LogP contribution in [-0.2, 0) is 17.3 Å². The van der Waals surface area contributed by atoms with Crippen LogP contribution in [0.4, 0.5) is 13.2 Å². The number of ether oxygens (including phenoxy) is 1. The van der Waals surface area contributed by atoms with Crippen molar-refractivity contribution in [2.75, 3.05) is 6.61 Å². The van der Waals surface area contributed by atoms with Crippen LogP contribution in [0.25, 0.3) is 0 Å². The van der Waals surface area contributed by atoms with Crippen molar-refractivity contribution in [3.05, 3.63) is 35.4 Å². The maximum atomic E-state index is 12.7. The molecule has 0 aliphatic heterocycles. The van der Waals surface area contributed by atoms with Gasteiger partial charge in [-0.3, -0.25) is 0 Å². The van der Waals surface area contributed by atoms with Crippen LogP contribution in [0.3, 0.4) is 0 Å². The van der Waals surface area contributed by atoms with Gasteiger partial charge < -0.3 is 10.5 Å². The summed E-state index contributed by atoms with van der Waals surface area (Å²) in [5, 5.41) is 0. The summed E-state index contributed by atoms with van der Waals surface area (Å²) < 4.78 is 43.7. The first-order valence-electron chi connectivity index (χ1n) is 6.95. The van der Waals surface area contributed by atoms with E-state index in [1.807, 2.05) is 6.92 Å². The molecule has 112 valence electrons. The fraction of sp³-hybridized carbons (Fsp3) is 0.600. The Hall–Kier alpha value is -1.07. The molecule has 2 unspecified atom stereocenters. The van der Waals surface area contributed by atoms with E-state index in [1.54, 1.807) is 6.07 Å². The Balaban J connectivity index is 2.05. The van der Waals surface area contributed by atoms with E-state index in [-0.39, 0.29) is 12.1 Å². The molecule has 5 heteroatoms. The third kappa shape index (κ3) is 3.96. The summed E-state index contributed by atoms with van der Waals surface area (Å²) >= 11 is 0. The third-order valence-corrected chi connectivity index (χ3v) is 3.59. The van der Waals surface area contributed by atoms with Crippen molar-refractivity contribution in [1.29, 1.82) is 0 Å². The molecule has 0 spiro atoms. The molecule has 0 aromatic heterocycles. The molecule has 2 nitrogen and oxygen atoms in total. The molecule has 0 heterocycles. The first-order valence-corrected chi connectivity index (χ1v) is 6.95. The molecule has 1 aromatic carbocycles. The van der Waals surface area contributed by atoms with Crippen LogP contribution in [0, 0.1) is 5.92 Å². The maximum Gasteiger partial charge on any atom is 0.416 e. The minimum absolute atomic E-state index is 0.0467. The van der Waals surface area contributed by atoms with E-state index in [0.29, 0.717) is 24.5 Å². The molecule has 1 aliphatic carbocycles. The van der Waals surface area contributed by atoms with E-state index in [0.717, 1.165) is 18.9 Å². The van der Waals surface area contributed by atoms with Crippen molar-refractivity contribution >= 4 is 0 Å². The molecule has 2 atom stereocenters. The van der Waals surface area contributed by atoms with Gasteiger partial charge in [0.2, 0.25) is 0 Å². The molecular weight excluding hydrogens is 267 g/mol. The van der Waals surface area contributed by atoms with Gasteiger partial charge in [-0.2, -0.15) is 13.2 Å². The molecule has 0 saturated heterocycles. The van der Waals surface area contributed by atoms with E-state index in [9.17, 15) is 13.2 Å². The van der Waals surface area contributed by atoms with E-state index >= 15 is 0 Å². The van der Waals surface area contributed by atoms with Crippen LogP contribution >= 0.6 is 0 Å². The van der Waals surface area contributed by atoms with Gasteiger partial charge in [-0.15, -0.1) is 0 Å². The highest BCUT2D eigenvalue weighted by molar-refractivity contribution is 5.26. The SMILES string of the molecule is CCOC(C(N)Cc1cccc(C(F)(F)F)c1)C1CC1. The van der Waals surface area contributed by atoms with Gasteiger partial charge in [0.25, 0.3) is 0 Å². The van der Waals surface area contributed by atoms with Gasteiger partial charge in [0, 0.05) is 12.6 Å². The summed E-state index contributed by atoms with van der Waals surface area (Å²) in [7, 11) is 0. The number of rotatable bonds is 6. The minimum atomic E-state index is -4.31. The summed E-state index contributed by atoms with van der Waals surface area (Å²) in [5.74, 6) is 0.468. The lowest BCUT2D eigenvalue weighted by Crippen LogP contribution is -2.40. The van der Waals surface area contributed by atoms with E-state index < -0.39 is 11.7 Å². The predicted octanol–water partition coefficient (Wildman–Crippen LogP) is 3.39. The molecule has 1 fully saturated rings. The number of hydrogen-bond donors (Lipinski definition) is 1. The zero-order chi connectivity index (χ0) is 14.8. The Morgan fingerprint density at radius 3 is 2.60 bits per heavy atom. The molecule has 0 radical (unpaired) electrons. The van der Waals surface area contributed by atoms with Crippen molar-refractivity contribution in [1.82, 2.24) is 0 Å². The summed E-state index contributed by atoms with van der Waals surface area (Å²) in [6.07, 6.45) is -1.75. The van der Waals surface area contributed by atoms with Gasteiger partial charge in [-0.05, 0) is 43.7 Å². The number of hydrogen-bond acceptors (Lipinski definition) is 2. The fourth-order valence-electron chi connectivity index (χ4n) is 2.49. The maximum absolute atomic E-state index is 12.7. The molecular formula is C15H20F3NO. The van der Waals surface area contributed by atoms with Crippen LogP contribution in [0.1, 0.15) is 30.9 Å². The van der Waals surface area contributed by atoms with Crippen molar-refractivity contribution < 1.29 is 17.9 Å². The summed E-state index contributed by atoms with van der Waals surface area (Å²) in [5.41, 5.74) is 6.12. The van der Waals surface area contributed by atoms with Gasteiger partial charge in [0.15, 0.2) is 0 Å². The van der Waals surface area contributed by atoms with Gasteiger partial charge in [0.05, 0.1) is 11.7 Å². The molecule has 20 heavy (non-hydrogen) atoms. The van der Waals surface area contributed by atoms with E-state index in [1.165, 1.54) is 12.1 Å². The zero-order valence-corrected chi connectivity index (χ0v) is 11.5. The van der Waals surface area contributed by atoms with Crippen LogP contribution in [0.2, 0.25) is 0 Å². The first kappa shape index (κ1) is 15.3. The summed E-state index contributed by atoms with van der Waals surface area (Å²) in [6, 6.07) is 5.11. The Kier molecular flexibility index (Phi) is 4.70. The van der Waals surface area contributed by atoms with E-state index in [2.05, 4.69) is 0 Å². The minimum Gasteiger partial charge on any atom is -0.377 e. The third-order valence-electron chi connectivity index (χ3n) is 3.59.